The van der Waals surface area contributed by atoms with Crippen molar-refractivity contribution in [3.8, 4) is 11.5 Å². The van der Waals surface area contributed by atoms with Gasteiger partial charge in [-0.2, -0.15) is 0 Å². The van der Waals surface area contributed by atoms with Gasteiger partial charge in [0.2, 0.25) is 0 Å². The lowest BCUT2D eigenvalue weighted by atomic mass is 10.1. The first kappa shape index (κ1) is 12.7. The second kappa shape index (κ2) is 5.07. The van der Waals surface area contributed by atoms with Crippen LogP contribution in [0.25, 0.3) is 10.8 Å². The predicted molar refractivity (Wildman–Crippen MR) is 80.2 cm³/mol. The molecule has 1 N–H and O–H groups in total. The minimum Gasteiger partial charge on any atom is -0.486 e. The number of aliphatic hydroxyl groups excluding tert-OH is 1. The number of pyridine rings is 1. The van der Waals surface area contributed by atoms with E-state index < -0.39 is 0 Å². The van der Waals surface area contributed by atoms with Gasteiger partial charge in [-0.25, -0.2) is 4.98 Å². The van der Waals surface area contributed by atoms with Crippen LogP contribution in [0.1, 0.15) is 12.8 Å². The fraction of sp³-hybridized carbons (Fsp3) is 0.438. The van der Waals surface area contributed by atoms with Crippen LogP contribution in [0.15, 0.2) is 24.4 Å². The summed E-state index contributed by atoms with van der Waals surface area (Å²) in [5.74, 6) is 2.51. The molecule has 1 aliphatic carbocycles. The van der Waals surface area contributed by atoms with Gasteiger partial charge in [0.05, 0.1) is 6.61 Å². The molecule has 1 aromatic carbocycles. The van der Waals surface area contributed by atoms with Gasteiger partial charge in [0.15, 0.2) is 11.5 Å². The van der Waals surface area contributed by atoms with E-state index >= 15 is 0 Å². The number of aliphatic hydroxyl groups is 1. The maximum Gasteiger partial charge on any atom is 0.162 e. The molecule has 0 radical (unpaired) electrons. The van der Waals surface area contributed by atoms with E-state index in [0.29, 0.717) is 25.8 Å². The molecule has 0 amide bonds. The quantitative estimate of drug-likeness (QED) is 0.931. The lowest BCUT2D eigenvalue weighted by molar-refractivity contribution is 0.172. The topological polar surface area (TPSA) is 54.8 Å². The van der Waals surface area contributed by atoms with E-state index in [1.54, 1.807) is 0 Å². The van der Waals surface area contributed by atoms with Crippen LogP contribution < -0.4 is 14.4 Å². The van der Waals surface area contributed by atoms with Gasteiger partial charge in [-0.05, 0) is 36.4 Å². The number of ether oxygens (including phenoxy) is 2. The summed E-state index contributed by atoms with van der Waals surface area (Å²) in [6.07, 6.45) is 4.16. The molecule has 5 nitrogen and oxygen atoms in total. The van der Waals surface area contributed by atoms with Gasteiger partial charge >= 0.3 is 0 Å². The smallest absolute Gasteiger partial charge is 0.162 e. The number of rotatable bonds is 4. The van der Waals surface area contributed by atoms with Crippen LogP contribution in [0.3, 0.4) is 0 Å². The van der Waals surface area contributed by atoms with Gasteiger partial charge in [-0.15, -0.1) is 0 Å². The maximum atomic E-state index is 9.32. The van der Waals surface area contributed by atoms with E-state index in [-0.39, 0.29) is 6.61 Å². The monoisotopic (exact) mass is 286 g/mol. The molecule has 4 rings (SSSR count). The standard InChI is InChI=1S/C16H18N2O3/c19-6-5-18(12-1-2-12)16-13-10-15-14(20-7-8-21-15)9-11(13)3-4-17-16/h3-4,9-10,12,19H,1-2,5-8H2. The molecule has 0 bridgehead atoms. The van der Waals surface area contributed by atoms with E-state index in [9.17, 15) is 5.11 Å². The molecule has 1 fully saturated rings. The molecule has 110 valence electrons. The van der Waals surface area contributed by atoms with Crippen LogP contribution in [0.5, 0.6) is 11.5 Å². The summed E-state index contributed by atoms with van der Waals surface area (Å²) in [6, 6.07) is 6.52. The average molecular weight is 286 g/mol. The average Bonchev–Trinajstić information content (AvgIpc) is 3.35. The number of benzene rings is 1. The van der Waals surface area contributed by atoms with E-state index in [2.05, 4.69) is 9.88 Å². The van der Waals surface area contributed by atoms with Crippen molar-refractivity contribution in [2.24, 2.45) is 0 Å². The fourth-order valence-electron chi connectivity index (χ4n) is 2.88. The summed E-state index contributed by atoms with van der Waals surface area (Å²) in [7, 11) is 0. The molecule has 0 spiro atoms. The summed E-state index contributed by atoms with van der Waals surface area (Å²) in [5, 5.41) is 11.5. The van der Waals surface area contributed by atoms with Crippen LogP contribution in [0.2, 0.25) is 0 Å². The third-order valence-corrected chi connectivity index (χ3v) is 4.01. The highest BCUT2D eigenvalue weighted by atomic mass is 16.6. The van der Waals surface area contributed by atoms with Gasteiger partial charge in [0, 0.05) is 24.2 Å². The van der Waals surface area contributed by atoms with Crippen molar-refractivity contribution in [3.05, 3.63) is 24.4 Å². The van der Waals surface area contributed by atoms with E-state index in [4.69, 9.17) is 9.47 Å². The Labute approximate surface area is 123 Å². The summed E-state index contributed by atoms with van der Waals surface area (Å²) >= 11 is 0. The molecular formula is C16H18N2O3. The first-order valence-corrected chi connectivity index (χ1v) is 7.42. The second-order valence-corrected chi connectivity index (χ2v) is 5.50. The van der Waals surface area contributed by atoms with E-state index in [1.165, 1.54) is 12.8 Å². The molecule has 2 aliphatic rings. The summed E-state index contributed by atoms with van der Waals surface area (Å²) in [4.78, 5) is 6.76. The Hall–Kier alpha value is -2.01. The molecule has 0 unspecified atom stereocenters. The number of aromatic nitrogens is 1. The normalized spacial score (nSPS) is 17.0. The maximum absolute atomic E-state index is 9.32. The van der Waals surface area contributed by atoms with Crippen LogP contribution in [0, 0.1) is 0 Å². The van der Waals surface area contributed by atoms with Crippen LogP contribution in [0.4, 0.5) is 5.82 Å². The van der Waals surface area contributed by atoms with Gasteiger partial charge in [0.1, 0.15) is 19.0 Å². The van der Waals surface area contributed by atoms with Crippen molar-refractivity contribution < 1.29 is 14.6 Å². The van der Waals surface area contributed by atoms with Crippen LogP contribution in [-0.4, -0.2) is 42.5 Å². The molecule has 5 heteroatoms. The molecule has 0 saturated heterocycles. The third-order valence-electron chi connectivity index (χ3n) is 4.01. The van der Waals surface area contributed by atoms with Gasteiger partial charge in [-0.3, -0.25) is 0 Å². The van der Waals surface area contributed by atoms with E-state index in [1.807, 2.05) is 24.4 Å². The second-order valence-electron chi connectivity index (χ2n) is 5.50. The largest absolute Gasteiger partial charge is 0.486 e. The minimum atomic E-state index is 0.138. The highest BCUT2D eigenvalue weighted by Crippen LogP contribution is 2.39. The fourth-order valence-corrected chi connectivity index (χ4v) is 2.88. The van der Waals surface area contributed by atoms with Gasteiger partial charge in [0.25, 0.3) is 0 Å². The minimum absolute atomic E-state index is 0.138. The molecule has 2 aromatic rings. The molecular weight excluding hydrogens is 268 g/mol. The van der Waals surface area contributed by atoms with Crippen molar-refractivity contribution in [2.45, 2.75) is 18.9 Å². The highest BCUT2D eigenvalue weighted by molar-refractivity contribution is 5.95. The summed E-state index contributed by atoms with van der Waals surface area (Å²) < 4.78 is 11.3. The van der Waals surface area contributed by atoms with Crippen LogP contribution >= 0.6 is 0 Å². The lowest BCUT2D eigenvalue weighted by Crippen LogP contribution is -2.29. The van der Waals surface area contributed by atoms with Gasteiger partial charge < -0.3 is 19.5 Å². The molecule has 21 heavy (non-hydrogen) atoms. The van der Waals surface area contributed by atoms with E-state index in [0.717, 1.165) is 28.1 Å². The Balaban J connectivity index is 1.84. The number of hydrogen-bond donors (Lipinski definition) is 1. The van der Waals surface area contributed by atoms with Crippen molar-refractivity contribution in [1.82, 2.24) is 4.98 Å². The molecule has 1 aliphatic heterocycles. The van der Waals surface area contributed by atoms with Crippen molar-refractivity contribution in [3.63, 3.8) is 0 Å². The van der Waals surface area contributed by atoms with Crippen LogP contribution in [-0.2, 0) is 0 Å². The molecule has 0 atom stereocenters. The lowest BCUT2D eigenvalue weighted by Gasteiger charge is -2.25. The van der Waals surface area contributed by atoms with Crippen molar-refractivity contribution >= 4 is 16.6 Å². The predicted octanol–water partition coefficient (Wildman–Crippen LogP) is 1.97. The first-order chi connectivity index (χ1) is 10.4. The summed E-state index contributed by atoms with van der Waals surface area (Å²) in [5.41, 5.74) is 0. The Morgan fingerprint density at radius 2 is 1.95 bits per heavy atom. The Bertz CT molecular complexity index is 670. The number of anilines is 1. The Kier molecular flexibility index (Phi) is 3.07. The molecule has 2 heterocycles. The third kappa shape index (κ3) is 2.27. The number of fused-ring (bicyclic) bond motifs is 2. The number of hydrogen-bond acceptors (Lipinski definition) is 5. The van der Waals surface area contributed by atoms with Crippen molar-refractivity contribution in [1.29, 1.82) is 0 Å². The highest BCUT2D eigenvalue weighted by Gasteiger charge is 2.30. The Morgan fingerprint density at radius 3 is 2.67 bits per heavy atom. The van der Waals surface area contributed by atoms with Gasteiger partial charge in [-0.1, -0.05) is 0 Å². The first-order valence-electron chi connectivity index (χ1n) is 7.42. The van der Waals surface area contributed by atoms with Crippen molar-refractivity contribution in [2.75, 3.05) is 31.3 Å². The molecule has 1 saturated carbocycles. The number of nitrogens with zero attached hydrogens (tertiary/aromatic N) is 2. The zero-order chi connectivity index (χ0) is 14.2. The Morgan fingerprint density at radius 1 is 1.19 bits per heavy atom. The zero-order valence-electron chi connectivity index (χ0n) is 11.8. The SMILES string of the molecule is OCCN(c1nccc2cc3c(cc12)OCCO3)C1CC1. The summed E-state index contributed by atoms with van der Waals surface area (Å²) in [6.45, 7) is 1.93. The zero-order valence-corrected chi connectivity index (χ0v) is 11.8. The molecule has 1 aromatic heterocycles.